The third-order valence-corrected chi connectivity index (χ3v) is 5.06. The minimum atomic E-state index is 0.503. The number of methoxy groups -OCH3 is 1. The number of nitrogens with zero attached hydrogens (tertiary/aromatic N) is 2. The maximum Gasteiger partial charge on any atom is 0.136 e. The van der Waals surface area contributed by atoms with Crippen molar-refractivity contribution in [1.29, 1.82) is 5.26 Å². The molecule has 0 atom stereocenters. The summed E-state index contributed by atoms with van der Waals surface area (Å²) < 4.78 is 6.33. The molecule has 124 valence electrons. The standard InChI is InChI=1S/C19H14IN3OS/c1-24-17-8-2-13(3-9-17)18-12-25-19(23-18)14(10-21)11-22-16-6-4-15(20)5-7-16/h2-9,11-12,22H,1H3/b14-11+. The van der Waals surface area contributed by atoms with Crippen molar-refractivity contribution in [3.63, 3.8) is 0 Å². The molecule has 0 amide bonds. The fraction of sp³-hybridized carbons (Fsp3) is 0.0526. The number of anilines is 1. The Morgan fingerprint density at radius 1 is 1.20 bits per heavy atom. The van der Waals surface area contributed by atoms with Crippen molar-refractivity contribution >= 4 is 45.2 Å². The van der Waals surface area contributed by atoms with Gasteiger partial charge in [0.1, 0.15) is 22.4 Å². The fourth-order valence-corrected chi connectivity index (χ4v) is 3.29. The monoisotopic (exact) mass is 459 g/mol. The lowest BCUT2D eigenvalue weighted by molar-refractivity contribution is 0.415. The van der Waals surface area contributed by atoms with Gasteiger partial charge in [0.05, 0.1) is 12.8 Å². The van der Waals surface area contributed by atoms with Gasteiger partial charge in [0, 0.05) is 26.4 Å². The van der Waals surface area contributed by atoms with Crippen LogP contribution in [0.15, 0.2) is 60.1 Å². The molecule has 4 nitrogen and oxygen atoms in total. The average molecular weight is 459 g/mol. The Kier molecular flexibility index (Phi) is 5.68. The Hall–Kier alpha value is -2.37. The molecular formula is C19H14IN3OS. The van der Waals surface area contributed by atoms with Crippen LogP contribution in [-0.2, 0) is 0 Å². The third-order valence-electron chi connectivity index (χ3n) is 3.47. The van der Waals surface area contributed by atoms with Crippen molar-refractivity contribution in [2.45, 2.75) is 0 Å². The van der Waals surface area contributed by atoms with Crippen LogP contribution in [0.4, 0.5) is 5.69 Å². The first-order valence-electron chi connectivity index (χ1n) is 7.42. The van der Waals surface area contributed by atoms with Crippen LogP contribution < -0.4 is 10.1 Å². The Labute approximate surface area is 163 Å². The number of halogens is 1. The molecule has 3 aromatic rings. The number of benzene rings is 2. The number of hydrogen-bond acceptors (Lipinski definition) is 5. The molecule has 6 heteroatoms. The summed E-state index contributed by atoms with van der Waals surface area (Å²) in [4.78, 5) is 4.58. The van der Waals surface area contributed by atoms with Crippen LogP contribution in [0.25, 0.3) is 16.8 Å². The summed E-state index contributed by atoms with van der Waals surface area (Å²) >= 11 is 3.71. The number of nitriles is 1. The van der Waals surface area contributed by atoms with E-state index in [1.165, 1.54) is 11.3 Å². The van der Waals surface area contributed by atoms with Gasteiger partial charge in [-0.2, -0.15) is 5.26 Å². The largest absolute Gasteiger partial charge is 0.497 e. The molecule has 0 unspecified atom stereocenters. The first-order chi connectivity index (χ1) is 12.2. The van der Waals surface area contributed by atoms with Gasteiger partial charge in [-0.3, -0.25) is 0 Å². The third kappa shape index (κ3) is 4.38. The summed E-state index contributed by atoms with van der Waals surface area (Å²) in [5.41, 5.74) is 3.27. The second-order valence-corrected chi connectivity index (χ2v) is 7.19. The van der Waals surface area contributed by atoms with Crippen LogP contribution in [-0.4, -0.2) is 12.1 Å². The molecule has 0 radical (unpaired) electrons. The fourth-order valence-electron chi connectivity index (χ4n) is 2.14. The molecule has 0 fully saturated rings. The zero-order chi connectivity index (χ0) is 17.6. The Bertz CT molecular complexity index is 925. The Balaban J connectivity index is 1.79. The van der Waals surface area contributed by atoms with Crippen LogP contribution in [0.1, 0.15) is 5.01 Å². The van der Waals surface area contributed by atoms with Crippen molar-refractivity contribution in [2.24, 2.45) is 0 Å². The molecule has 1 heterocycles. The summed E-state index contributed by atoms with van der Waals surface area (Å²) in [5, 5.41) is 15.2. The Morgan fingerprint density at radius 3 is 2.56 bits per heavy atom. The second-order valence-electron chi connectivity index (χ2n) is 5.09. The number of rotatable bonds is 5. The number of nitrogens with one attached hydrogen (secondary N) is 1. The van der Waals surface area contributed by atoms with Gasteiger partial charge in [-0.15, -0.1) is 11.3 Å². The molecular weight excluding hydrogens is 445 g/mol. The van der Waals surface area contributed by atoms with Crippen LogP contribution >= 0.6 is 33.9 Å². The first kappa shape index (κ1) is 17.5. The smallest absolute Gasteiger partial charge is 0.136 e. The predicted molar refractivity (Wildman–Crippen MR) is 110 cm³/mol. The van der Waals surface area contributed by atoms with Crippen LogP contribution in [0.3, 0.4) is 0 Å². The van der Waals surface area contributed by atoms with Gasteiger partial charge in [-0.05, 0) is 71.1 Å². The van der Waals surface area contributed by atoms with Crippen LogP contribution in [0.5, 0.6) is 5.75 Å². The van der Waals surface area contributed by atoms with Crippen molar-refractivity contribution < 1.29 is 4.74 Å². The lowest BCUT2D eigenvalue weighted by Gasteiger charge is -2.02. The van der Waals surface area contributed by atoms with Crippen molar-refractivity contribution in [3.05, 3.63) is 68.7 Å². The molecule has 0 saturated heterocycles. The number of hydrogen-bond donors (Lipinski definition) is 1. The molecule has 3 rings (SSSR count). The van der Waals surface area contributed by atoms with Crippen molar-refractivity contribution in [2.75, 3.05) is 12.4 Å². The number of ether oxygens (including phenoxy) is 1. The molecule has 1 aromatic heterocycles. The van der Waals surface area contributed by atoms with Gasteiger partial charge >= 0.3 is 0 Å². The highest BCUT2D eigenvalue weighted by Gasteiger charge is 2.09. The molecule has 0 aliphatic carbocycles. The molecule has 25 heavy (non-hydrogen) atoms. The second kappa shape index (κ2) is 8.14. The topological polar surface area (TPSA) is 57.9 Å². The summed E-state index contributed by atoms with van der Waals surface area (Å²) in [5.74, 6) is 0.804. The van der Waals surface area contributed by atoms with E-state index in [-0.39, 0.29) is 0 Å². The first-order valence-corrected chi connectivity index (χ1v) is 9.38. The van der Waals surface area contributed by atoms with Gasteiger partial charge in [0.15, 0.2) is 0 Å². The molecule has 0 aliphatic rings. The van der Waals surface area contributed by atoms with Gasteiger partial charge in [0.25, 0.3) is 0 Å². The Morgan fingerprint density at radius 2 is 1.92 bits per heavy atom. The lowest BCUT2D eigenvalue weighted by Crippen LogP contribution is -1.91. The lowest BCUT2D eigenvalue weighted by atomic mass is 10.2. The number of thiazole rings is 1. The summed E-state index contributed by atoms with van der Waals surface area (Å²) in [6.07, 6.45) is 1.69. The van der Waals surface area contributed by atoms with E-state index < -0.39 is 0 Å². The van der Waals surface area contributed by atoms with Gasteiger partial charge in [-0.25, -0.2) is 4.98 Å². The van der Waals surface area contributed by atoms with E-state index in [0.717, 1.165) is 26.3 Å². The summed E-state index contributed by atoms with van der Waals surface area (Å²) in [6.45, 7) is 0. The maximum atomic E-state index is 9.44. The van der Waals surface area contributed by atoms with E-state index in [0.29, 0.717) is 10.6 Å². The molecule has 0 spiro atoms. The quantitative estimate of drug-likeness (QED) is 0.410. The average Bonchev–Trinajstić information content (AvgIpc) is 3.14. The number of aromatic nitrogens is 1. The predicted octanol–water partition coefficient (Wildman–Crippen LogP) is 5.40. The number of allylic oxidation sites excluding steroid dienone is 1. The normalized spacial score (nSPS) is 11.0. The van der Waals surface area contributed by atoms with Gasteiger partial charge in [0.2, 0.25) is 0 Å². The van der Waals surface area contributed by atoms with Gasteiger partial charge in [-0.1, -0.05) is 0 Å². The van der Waals surface area contributed by atoms with Crippen molar-refractivity contribution in [3.8, 4) is 23.1 Å². The zero-order valence-electron chi connectivity index (χ0n) is 13.4. The van der Waals surface area contributed by atoms with Crippen LogP contribution in [0.2, 0.25) is 0 Å². The van der Waals surface area contributed by atoms with E-state index in [4.69, 9.17) is 4.74 Å². The molecule has 1 N–H and O–H groups in total. The molecule has 2 aromatic carbocycles. The van der Waals surface area contributed by atoms with E-state index in [9.17, 15) is 5.26 Å². The van der Waals surface area contributed by atoms with Gasteiger partial charge < -0.3 is 10.1 Å². The highest BCUT2D eigenvalue weighted by Crippen LogP contribution is 2.27. The van der Waals surface area contributed by atoms with E-state index in [1.54, 1.807) is 13.3 Å². The van der Waals surface area contributed by atoms with E-state index in [1.807, 2.05) is 53.9 Å². The molecule has 0 aliphatic heterocycles. The minimum Gasteiger partial charge on any atom is -0.497 e. The van der Waals surface area contributed by atoms with E-state index >= 15 is 0 Å². The molecule has 0 saturated carbocycles. The SMILES string of the molecule is COc1ccc(-c2csc(/C(C#N)=C/Nc3ccc(I)cc3)n2)cc1. The highest BCUT2D eigenvalue weighted by molar-refractivity contribution is 14.1. The maximum absolute atomic E-state index is 9.44. The highest BCUT2D eigenvalue weighted by atomic mass is 127. The summed E-state index contributed by atoms with van der Waals surface area (Å²) in [7, 11) is 1.64. The minimum absolute atomic E-state index is 0.503. The van der Waals surface area contributed by atoms with E-state index in [2.05, 4.69) is 39.0 Å². The summed E-state index contributed by atoms with van der Waals surface area (Å²) in [6, 6.07) is 17.9. The molecule has 0 bridgehead atoms. The zero-order valence-corrected chi connectivity index (χ0v) is 16.3. The van der Waals surface area contributed by atoms with Crippen molar-refractivity contribution in [1.82, 2.24) is 4.98 Å². The van der Waals surface area contributed by atoms with Crippen LogP contribution in [0, 0.1) is 14.9 Å².